The summed E-state index contributed by atoms with van der Waals surface area (Å²) in [6.07, 6.45) is 0. The summed E-state index contributed by atoms with van der Waals surface area (Å²) >= 11 is 5.71. The van der Waals surface area contributed by atoms with Crippen LogP contribution in [0, 0.1) is 19.7 Å². The molecule has 1 heterocycles. The van der Waals surface area contributed by atoms with E-state index >= 15 is 0 Å². The molecule has 0 spiro atoms. The Morgan fingerprint density at radius 1 is 1.27 bits per heavy atom. The molecule has 0 saturated carbocycles. The summed E-state index contributed by atoms with van der Waals surface area (Å²) < 4.78 is 15.0. The molecule has 2 amide bonds. The number of amides is 2. The molecule has 0 aliphatic rings. The van der Waals surface area contributed by atoms with Crippen molar-refractivity contribution in [2.75, 3.05) is 0 Å². The molecule has 1 aromatic carbocycles. The Morgan fingerprint density at radius 3 is 2.64 bits per heavy atom. The largest absolute Gasteiger partial charge is 0.272 e. The molecule has 0 radical (unpaired) electrons. The van der Waals surface area contributed by atoms with Gasteiger partial charge in [0.15, 0.2) is 0 Å². The average molecular weight is 325 g/mol. The summed E-state index contributed by atoms with van der Waals surface area (Å²) in [4.78, 5) is 23.6. The summed E-state index contributed by atoms with van der Waals surface area (Å²) in [6.45, 7) is 3.57. The Balaban J connectivity index is 1.95. The fraction of sp³-hybridized carbons (Fsp3) is 0.214. The third-order valence-electron chi connectivity index (χ3n) is 2.89. The van der Waals surface area contributed by atoms with Gasteiger partial charge in [-0.25, -0.2) is 4.39 Å². The van der Waals surface area contributed by atoms with Gasteiger partial charge in [-0.1, -0.05) is 11.6 Å². The van der Waals surface area contributed by atoms with Gasteiger partial charge in [0.25, 0.3) is 11.8 Å². The highest BCUT2D eigenvalue weighted by Crippen LogP contribution is 2.14. The SMILES string of the molecule is Cc1cc(C)n(CC(=O)NNC(=O)c2cc(Cl)ccc2F)n1. The standard InChI is InChI=1S/C14H14ClFN4O2/c1-8-5-9(2)20(19-8)7-13(21)17-18-14(22)11-6-10(15)3-4-12(11)16/h3-6H,7H2,1-2H3,(H,17,21)(H,18,22). The second kappa shape index (κ2) is 6.57. The number of nitrogens with one attached hydrogen (secondary N) is 2. The van der Waals surface area contributed by atoms with E-state index in [0.29, 0.717) is 0 Å². The van der Waals surface area contributed by atoms with Crippen LogP contribution in [0.4, 0.5) is 4.39 Å². The third-order valence-corrected chi connectivity index (χ3v) is 3.12. The topological polar surface area (TPSA) is 76.0 Å². The number of rotatable bonds is 3. The number of aromatic nitrogens is 2. The number of carbonyl (C=O) groups excluding carboxylic acids is 2. The van der Waals surface area contributed by atoms with E-state index in [0.717, 1.165) is 17.5 Å². The second-order valence-electron chi connectivity index (χ2n) is 4.71. The molecule has 0 aliphatic carbocycles. The molecule has 2 rings (SSSR count). The number of aryl methyl sites for hydroxylation is 2. The monoisotopic (exact) mass is 324 g/mol. The Hall–Kier alpha value is -2.41. The lowest BCUT2D eigenvalue weighted by Gasteiger charge is -2.09. The maximum absolute atomic E-state index is 13.5. The van der Waals surface area contributed by atoms with E-state index in [1.807, 2.05) is 19.9 Å². The second-order valence-corrected chi connectivity index (χ2v) is 5.15. The van der Waals surface area contributed by atoms with Crippen LogP contribution < -0.4 is 10.9 Å². The van der Waals surface area contributed by atoms with Crippen LogP contribution in [-0.2, 0) is 11.3 Å². The first kappa shape index (κ1) is 16.0. The van der Waals surface area contributed by atoms with Gasteiger partial charge < -0.3 is 0 Å². The van der Waals surface area contributed by atoms with Gasteiger partial charge in [-0.15, -0.1) is 0 Å². The van der Waals surface area contributed by atoms with Crippen LogP contribution in [0.2, 0.25) is 5.02 Å². The molecule has 2 aromatic rings. The van der Waals surface area contributed by atoms with Crippen LogP contribution in [0.3, 0.4) is 0 Å². The fourth-order valence-corrected chi connectivity index (χ4v) is 2.05. The summed E-state index contributed by atoms with van der Waals surface area (Å²) in [7, 11) is 0. The lowest BCUT2D eigenvalue weighted by Crippen LogP contribution is -2.43. The zero-order chi connectivity index (χ0) is 16.3. The highest BCUT2D eigenvalue weighted by molar-refractivity contribution is 6.31. The van der Waals surface area contributed by atoms with E-state index < -0.39 is 17.6 Å². The van der Waals surface area contributed by atoms with E-state index in [1.165, 1.54) is 16.8 Å². The van der Waals surface area contributed by atoms with Crippen molar-refractivity contribution in [1.82, 2.24) is 20.6 Å². The molecule has 0 aliphatic heterocycles. The number of hydrazine groups is 1. The summed E-state index contributed by atoms with van der Waals surface area (Å²) in [5, 5.41) is 4.35. The van der Waals surface area contributed by atoms with Crippen molar-refractivity contribution >= 4 is 23.4 Å². The van der Waals surface area contributed by atoms with Crippen LogP contribution in [-0.4, -0.2) is 21.6 Å². The number of benzene rings is 1. The number of hydrogen-bond donors (Lipinski definition) is 2. The van der Waals surface area contributed by atoms with Gasteiger partial charge in [-0.05, 0) is 38.1 Å². The predicted molar refractivity (Wildman–Crippen MR) is 78.7 cm³/mol. The number of hydrogen-bond acceptors (Lipinski definition) is 3. The average Bonchev–Trinajstić information content (AvgIpc) is 2.77. The summed E-state index contributed by atoms with van der Waals surface area (Å²) in [6, 6.07) is 5.41. The van der Waals surface area contributed by atoms with E-state index in [9.17, 15) is 14.0 Å². The zero-order valence-electron chi connectivity index (χ0n) is 12.0. The maximum Gasteiger partial charge on any atom is 0.272 e. The van der Waals surface area contributed by atoms with Gasteiger partial charge in [-0.3, -0.25) is 25.1 Å². The minimum Gasteiger partial charge on any atom is -0.271 e. The van der Waals surface area contributed by atoms with Crippen molar-refractivity contribution in [3.63, 3.8) is 0 Å². The van der Waals surface area contributed by atoms with Crippen molar-refractivity contribution < 1.29 is 14.0 Å². The van der Waals surface area contributed by atoms with Crippen LogP contribution in [0.25, 0.3) is 0 Å². The molecule has 0 bridgehead atoms. The Morgan fingerprint density at radius 2 is 2.00 bits per heavy atom. The van der Waals surface area contributed by atoms with Crippen molar-refractivity contribution in [1.29, 1.82) is 0 Å². The van der Waals surface area contributed by atoms with Gasteiger partial charge in [0.05, 0.1) is 11.3 Å². The Labute approximate surface area is 131 Å². The molecule has 0 atom stereocenters. The molecule has 22 heavy (non-hydrogen) atoms. The molecule has 0 unspecified atom stereocenters. The van der Waals surface area contributed by atoms with E-state index in [1.54, 1.807) is 0 Å². The molecule has 8 heteroatoms. The lowest BCUT2D eigenvalue weighted by molar-refractivity contribution is -0.122. The third kappa shape index (κ3) is 3.82. The summed E-state index contributed by atoms with van der Waals surface area (Å²) in [5.41, 5.74) is 5.69. The first-order valence-electron chi connectivity index (χ1n) is 6.42. The molecular formula is C14H14ClFN4O2. The first-order valence-corrected chi connectivity index (χ1v) is 6.80. The quantitative estimate of drug-likeness (QED) is 0.845. The highest BCUT2D eigenvalue weighted by Gasteiger charge is 2.13. The molecule has 0 fully saturated rings. The zero-order valence-corrected chi connectivity index (χ0v) is 12.7. The lowest BCUT2D eigenvalue weighted by atomic mass is 10.2. The van der Waals surface area contributed by atoms with Gasteiger partial charge >= 0.3 is 0 Å². The van der Waals surface area contributed by atoms with Crippen molar-refractivity contribution in [2.45, 2.75) is 20.4 Å². The van der Waals surface area contributed by atoms with Gasteiger partial charge in [0.1, 0.15) is 12.4 Å². The molecule has 0 saturated heterocycles. The van der Waals surface area contributed by atoms with E-state index in [4.69, 9.17) is 11.6 Å². The van der Waals surface area contributed by atoms with Crippen LogP contribution in [0.15, 0.2) is 24.3 Å². The maximum atomic E-state index is 13.5. The molecular weight excluding hydrogens is 311 g/mol. The predicted octanol–water partition coefficient (Wildman–Crippen LogP) is 1.75. The van der Waals surface area contributed by atoms with Crippen LogP contribution in [0.1, 0.15) is 21.7 Å². The number of carbonyl (C=O) groups is 2. The Kier molecular flexibility index (Phi) is 4.77. The van der Waals surface area contributed by atoms with Gasteiger partial charge in [-0.2, -0.15) is 5.10 Å². The molecule has 1 aromatic heterocycles. The summed E-state index contributed by atoms with van der Waals surface area (Å²) in [5.74, 6) is -2.00. The number of nitrogens with zero attached hydrogens (tertiary/aromatic N) is 2. The number of halogens is 2. The van der Waals surface area contributed by atoms with Gasteiger partial charge in [0, 0.05) is 10.7 Å². The van der Waals surface area contributed by atoms with Crippen LogP contribution >= 0.6 is 11.6 Å². The van der Waals surface area contributed by atoms with Crippen molar-refractivity contribution in [3.8, 4) is 0 Å². The molecule has 2 N–H and O–H groups in total. The van der Waals surface area contributed by atoms with Gasteiger partial charge in [0.2, 0.25) is 0 Å². The van der Waals surface area contributed by atoms with E-state index in [2.05, 4.69) is 16.0 Å². The molecule has 6 nitrogen and oxygen atoms in total. The van der Waals surface area contributed by atoms with E-state index in [-0.39, 0.29) is 17.1 Å². The minimum atomic E-state index is -0.790. The first-order chi connectivity index (χ1) is 10.4. The normalized spacial score (nSPS) is 10.4. The van der Waals surface area contributed by atoms with Crippen LogP contribution in [0.5, 0.6) is 0 Å². The highest BCUT2D eigenvalue weighted by atomic mass is 35.5. The smallest absolute Gasteiger partial charge is 0.271 e. The minimum absolute atomic E-state index is 0.0576. The van der Waals surface area contributed by atoms with Crippen molar-refractivity contribution in [2.24, 2.45) is 0 Å². The molecule has 116 valence electrons. The van der Waals surface area contributed by atoms with Crippen molar-refractivity contribution in [3.05, 3.63) is 52.1 Å². The fourth-order valence-electron chi connectivity index (χ4n) is 1.88. The Bertz CT molecular complexity index is 730.